The summed E-state index contributed by atoms with van der Waals surface area (Å²) in [6, 6.07) is 12.7. The molecule has 0 radical (unpaired) electrons. The van der Waals surface area contributed by atoms with Gasteiger partial charge in [-0.2, -0.15) is 0 Å². The first kappa shape index (κ1) is 28.4. The van der Waals surface area contributed by atoms with Crippen LogP contribution >= 0.6 is 45.8 Å². The van der Waals surface area contributed by atoms with Crippen molar-refractivity contribution in [3.05, 3.63) is 68.3 Å². The Morgan fingerprint density at radius 1 is 1.08 bits per heavy atom. The second kappa shape index (κ2) is 10.9. The highest BCUT2D eigenvalue weighted by atomic mass is 127. The molecule has 38 heavy (non-hydrogen) atoms. The van der Waals surface area contributed by atoms with Gasteiger partial charge in [0.25, 0.3) is 10.0 Å². The Labute approximate surface area is 244 Å². The summed E-state index contributed by atoms with van der Waals surface area (Å²) in [5.41, 5.74) is 0.253. The van der Waals surface area contributed by atoms with E-state index in [1.54, 1.807) is 52.1 Å². The van der Waals surface area contributed by atoms with Crippen LogP contribution in [0.3, 0.4) is 0 Å². The monoisotopic (exact) mass is 687 g/mol. The summed E-state index contributed by atoms with van der Waals surface area (Å²) in [5.74, 6) is 0.518. The number of hydrogen-bond acceptors (Lipinski definition) is 7. The maximum absolute atomic E-state index is 13.8. The van der Waals surface area contributed by atoms with Crippen molar-refractivity contribution in [2.45, 2.75) is 31.3 Å². The first-order valence-electron chi connectivity index (χ1n) is 11.3. The van der Waals surface area contributed by atoms with Crippen LogP contribution in [0.1, 0.15) is 20.8 Å². The van der Waals surface area contributed by atoms with Gasteiger partial charge in [0.15, 0.2) is 5.82 Å². The molecule has 0 atom stereocenters. The van der Waals surface area contributed by atoms with Gasteiger partial charge < -0.3 is 10.1 Å². The zero-order valence-electron chi connectivity index (χ0n) is 20.9. The number of nitrogens with one attached hydrogen (secondary N) is 1. The van der Waals surface area contributed by atoms with Crippen LogP contribution in [-0.2, 0) is 19.6 Å². The topological polar surface area (TPSA) is 106 Å². The van der Waals surface area contributed by atoms with E-state index in [0.29, 0.717) is 11.6 Å². The summed E-state index contributed by atoms with van der Waals surface area (Å²) in [6.07, 6.45) is 1.88. The largest absolute Gasteiger partial charge is 0.459 e. The van der Waals surface area contributed by atoms with Crippen LogP contribution in [0.15, 0.2) is 59.6 Å². The maximum atomic E-state index is 13.8. The van der Waals surface area contributed by atoms with Crippen LogP contribution in [0.5, 0.6) is 0 Å². The molecule has 0 aliphatic carbocycles. The van der Waals surface area contributed by atoms with E-state index in [1.165, 1.54) is 18.2 Å². The van der Waals surface area contributed by atoms with E-state index in [4.69, 9.17) is 27.9 Å². The third kappa shape index (κ3) is 6.16. The Balaban J connectivity index is 1.83. The average Bonchev–Trinajstić information content (AvgIpc) is 3.16. The molecule has 0 bridgehead atoms. The van der Waals surface area contributed by atoms with Crippen molar-refractivity contribution in [3.8, 4) is 5.82 Å². The number of rotatable bonds is 7. The van der Waals surface area contributed by atoms with Gasteiger partial charge in [0.2, 0.25) is 0 Å². The van der Waals surface area contributed by atoms with Gasteiger partial charge in [-0.25, -0.2) is 8.42 Å². The number of carbonyl (C=O) groups is 1. The molecule has 1 N–H and O–H groups in total. The molecule has 0 spiro atoms. The smallest absolute Gasteiger partial charge is 0.327 e. The van der Waals surface area contributed by atoms with Crippen molar-refractivity contribution in [1.82, 2.24) is 14.8 Å². The molecule has 0 amide bonds. The predicted octanol–water partition coefficient (Wildman–Crippen LogP) is 5.91. The van der Waals surface area contributed by atoms with Crippen molar-refractivity contribution in [2.24, 2.45) is 0 Å². The first-order valence-corrected chi connectivity index (χ1v) is 14.6. The van der Waals surface area contributed by atoms with Crippen LogP contribution in [0, 0.1) is 3.57 Å². The summed E-state index contributed by atoms with van der Waals surface area (Å²) < 4.78 is 36.8. The SMILES string of the molecule is CNc1ccc(-n2cc(I)c3cc(N(CC(=O)OC(C)(C)C)S(=O)(=O)c4cc(Cl)cc(Cl)c4)ccc32)nn1. The van der Waals surface area contributed by atoms with Gasteiger partial charge in [-0.3, -0.25) is 13.7 Å². The maximum Gasteiger partial charge on any atom is 0.327 e. The van der Waals surface area contributed by atoms with Gasteiger partial charge >= 0.3 is 5.97 Å². The zero-order chi connectivity index (χ0) is 27.8. The molecule has 9 nitrogen and oxygen atoms in total. The molecule has 0 saturated carbocycles. The standard InChI is InChI=1S/C25H24Cl2IN5O4S/c1-25(2,3)37-24(34)14-33(38(35,36)18-10-15(26)9-16(27)11-18)17-5-6-21-19(12-17)20(28)13-32(21)23-8-7-22(29-4)30-31-23/h5-13H,14H2,1-4H3,(H,29,30). The number of benzene rings is 2. The molecular weight excluding hydrogens is 664 g/mol. The Hall–Kier alpha value is -2.61. The van der Waals surface area contributed by atoms with E-state index in [0.717, 1.165) is 18.8 Å². The predicted molar refractivity (Wildman–Crippen MR) is 158 cm³/mol. The van der Waals surface area contributed by atoms with Crippen molar-refractivity contribution in [3.63, 3.8) is 0 Å². The lowest BCUT2D eigenvalue weighted by Gasteiger charge is -2.26. The zero-order valence-corrected chi connectivity index (χ0v) is 25.4. The highest BCUT2D eigenvalue weighted by molar-refractivity contribution is 14.1. The van der Waals surface area contributed by atoms with Crippen molar-refractivity contribution < 1.29 is 17.9 Å². The molecule has 2 heterocycles. The lowest BCUT2D eigenvalue weighted by atomic mass is 10.2. The number of aromatic nitrogens is 3. The van der Waals surface area contributed by atoms with Crippen LogP contribution in [0.2, 0.25) is 10.0 Å². The van der Waals surface area contributed by atoms with Gasteiger partial charge in [-0.1, -0.05) is 23.2 Å². The summed E-state index contributed by atoms with van der Waals surface area (Å²) in [4.78, 5) is 12.7. The van der Waals surface area contributed by atoms with Gasteiger partial charge in [-0.15, -0.1) is 10.2 Å². The van der Waals surface area contributed by atoms with Gasteiger partial charge in [0, 0.05) is 32.2 Å². The number of fused-ring (bicyclic) bond motifs is 1. The van der Waals surface area contributed by atoms with Crippen LogP contribution in [0.4, 0.5) is 11.5 Å². The molecule has 0 aliphatic heterocycles. The van der Waals surface area contributed by atoms with Crippen LogP contribution in [0.25, 0.3) is 16.7 Å². The van der Waals surface area contributed by atoms with E-state index >= 15 is 0 Å². The second-order valence-electron chi connectivity index (χ2n) is 9.28. The lowest BCUT2D eigenvalue weighted by Crippen LogP contribution is -2.39. The van der Waals surface area contributed by atoms with E-state index in [9.17, 15) is 13.2 Å². The highest BCUT2D eigenvalue weighted by Gasteiger charge is 2.30. The van der Waals surface area contributed by atoms with Crippen molar-refractivity contribution >= 4 is 84.2 Å². The minimum absolute atomic E-state index is 0.147. The van der Waals surface area contributed by atoms with Crippen molar-refractivity contribution in [1.29, 1.82) is 0 Å². The Bertz CT molecular complexity index is 1600. The number of anilines is 2. The van der Waals surface area contributed by atoms with Crippen LogP contribution in [-0.4, -0.2) is 48.3 Å². The van der Waals surface area contributed by atoms with E-state index in [1.807, 2.05) is 16.8 Å². The molecule has 13 heteroatoms. The van der Waals surface area contributed by atoms with Gasteiger partial charge in [-0.05, 0) is 91.9 Å². The number of esters is 1. The minimum atomic E-state index is -4.26. The summed E-state index contributed by atoms with van der Waals surface area (Å²) in [5, 5.41) is 12.4. The number of sulfonamides is 1. The number of hydrogen-bond donors (Lipinski definition) is 1. The molecule has 2 aromatic heterocycles. The number of halogens is 3. The van der Waals surface area contributed by atoms with E-state index in [2.05, 4.69) is 38.1 Å². The summed E-state index contributed by atoms with van der Waals surface area (Å²) in [6.45, 7) is 4.58. The first-order chi connectivity index (χ1) is 17.8. The number of nitrogens with zero attached hydrogens (tertiary/aromatic N) is 4. The molecule has 2 aromatic carbocycles. The normalized spacial score (nSPS) is 12.0. The molecule has 0 fully saturated rings. The third-order valence-electron chi connectivity index (χ3n) is 5.30. The molecule has 0 unspecified atom stereocenters. The molecule has 0 saturated heterocycles. The van der Waals surface area contributed by atoms with Gasteiger partial charge in [0.05, 0.1) is 16.1 Å². The fraction of sp³-hybridized carbons (Fsp3) is 0.240. The number of carbonyl (C=O) groups excluding carboxylic acids is 1. The second-order valence-corrected chi connectivity index (χ2v) is 13.2. The van der Waals surface area contributed by atoms with E-state index in [-0.39, 0.29) is 20.6 Å². The van der Waals surface area contributed by atoms with Crippen molar-refractivity contribution in [2.75, 3.05) is 23.2 Å². The minimum Gasteiger partial charge on any atom is -0.459 e. The Kier molecular flexibility index (Phi) is 8.12. The molecule has 0 aliphatic rings. The fourth-order valence-electron chi connectivity index (χ4n) is 3.72. The average molecular weight is 688 g/mol. The Morgan fingerprint density at radius 2 is 1.76 bits per heavy atom. The molecular formula is C25H24Cl2IN5O4S. The molecule has 4 aromatic rings. The van der Waals surface area contributed by atoms with Crippen LogP contribution < -0.4 is 9.62 Å². The number of ether oxygens (including phenoxy) is 1. The summed E-state index contributed by atoms with van der Waals surface area (Å²) in [7, 11) is -2.50. The molecule has 200 valence electrons. The van der Waals surface area contributed by atoms with Gasteiger partial charge in [0.1, 0.15) is 18.0 Å². The van der Waals surface area contributed by atoms with E-state index < -0.39 is 28.1 Å². The summed E-state index contributed by atoms with van der Waals surface area (Å²) >= 11 is 14.4. The Morgan fingerprint density at radius 3 is 2.34 bits per heavy atom. The molecule has 4 rings (SSSR count). The quantitative estimate of drug-likeness (QED) is 0.190. The third-order valence-corrected chi connectivity index (χ3v) is 8.35. The highest BCUT2D eigenvalue weighted by Crippen LogP contribution is 2.33. The lowest BCUT2D eigenvalue weighted by molar-refractivity contribution is -0.152. The fourth-order valence-corrected chi connectivity index (χ4v) is 6.56.